The van der Waals surface area contributed by atoms with E-state index in [1.54, 1.807) is 4.90 Å². The summed E-state index contributed by atoms with van der Waals surface area (Å²) in [6, 6.07) is 24.9. The molecule has 10 heteroatoms. The van der Waals surface area contributed by atoms with Gasteiger partial charge in [-0.15, -0.1) is 0 Å². The number of aryl methyl sites for hydroxylation is 1. The molecular weight excluding hydrogens is 626 g/mol. The summed E-state index contributed by atoms with van der Waals surface area (Å²) < 4.78 is 7.66. The van der Waals surface area contributed by atoms with Crippen LogP contribution in [0.2, 0.25) is 0 Å². The van der Waals surface area contributed by atoms with Gasteiger partial charge >= 0.3 is 11.8 Å². The summed E-state index contributed by atoms with van der Waals surface area (Å²) in [4.78, 5) is 41.1. The lowest BCUT2D eigenvalue weighted by atomic mass is 9.92. The van der Waals surface area contributed by atoms with Gasteiger partial charge in [-0.1, -0.05) is 60.7 Å². The van der Waals surface area contributed by atoms with Gasteiger partial charge in [-0.3, -0.25) is 4.57 Å². The largest absolute Gasteiger partial charge is 0.445 e. The Kier molecular flexibility index (Phi) is 8.47. The van der Waals surface area contributed by atoms with Crippen LogP contribution in [0.5, 0.6) is 0 Å². The van der Waals surface area contributed by atoms with E-state index in [1.165, 1.54) is 22.0 Å². The lowest BCUT2D eigenvalue weighted by molar-refractivity contribution is 0.0767. The molecule has 258 valence electrons. The lowest BCUT2D eigenvalue weighted by Gasteiger charge is -2.44. The zero-order chi connectivity index (χ0) is 34.4. The van der Waals surface area contributed by atoms with Crippen molar-refractivity contribution in [2.24, 2.45) is 0 Å². The number of rotatable bonds is 7. The number of hydrogen-bond acceptors (Lipinski definition) is 8. The molecule has 4 heterocycles. The lowest BCUT2D eigenvalue weighted by Crippen LogP contribution is -2.56. The highest BCUT2D eigenvalue weighted by Crippen LogP contribution is 2.53. The molecule has 8 rings (SSSR count). The van der Waals surface area contributed by atoms with Crippen LogP contribution in [-0.2, 0) is 30.9 Å². The van der Waals surface area contributed by atoms with Crippen molar-refractivity contribution in [3.8, 4) is 6.07 Å². The molecule has 1 saturated carbocycles. The number of aromatic nitrogens is 2. The van der Waals surface area contributed by atoms with Gasteiger partial charge < -0.3 is 24.3 Å². The van der Waals surface area contributed by atoms with E-state index in [0.29, 0.717) is 38.8 Å². The molecule has 2 saturated heterocycles. The second-order valence-electron chi connectivity index (χ2n) is 14.7. The average Bonchev–Trinajstić information content (AvgIpc) is 3.78. The molecule has 3 fully saturated rings. The Hall–Kier alpha value is -4.88. The van der Waals surface area contributed by atoms with E-state index in [1.807, 2.05) is 34.9 Å². The molecule has 3 aliphatic heterocycles. The Morgan fingerprint density at radius 1 is 1.02 bits per heavy atom. The second-order valence-corrected chi connectivity index (χ2v) is 14.7. The molecule has 0 unspecified atom stereocenters. The smallest absolute Gasteiger partial charge is 0.410 e. The molecule has 2 atom stereocenters. The van der Waals surface area contributed by atoms with Crippen molar-refractivity contribution in [1.29, 1.82) is 5.26 Å². The minimum Gasteiger partial charge on any atom is -0.445 e. The molecule has 4 aliphatic rings. The number of likely N-dealkylation sites (tertiary alicyclic amines) is 1. The molecule has 3 aromatic carbocycles. The first kappa shape index (κ1) is 32.3. The summed E-state index contributed by atoms with van der Waals surface area (Å²) in [7, 11) is 2.15. The van der Waals surface area contributed by atoms with Gasteiger partial charge in [0, 0.05) is 66.5 Å². The number of anilines is 2. The molecule has 0 radical (unpaired) electrons. The van der Waals surface area contributed by atoms with Crippen LogP contribution < -0.4 is 15.5 Å². The van der Waals surface area contributed by atoms with Crippen molar-refractivity contribution in [2.75, 3.05) is 43.0 Å². The van der Waals surface area contributed by atoms with Crippen molar-refractivity contribution in [2.45, 2.75) is 82.8 Å². The van der Waals surface area contributed by atoms with Crippen molar-refractivity contribution in [3.63, 3.8) is 0 Å². The van der Waals surface area contributed by atoms with Gasteiger partial charge in [-0.05, 0) is 68.8 Å². The SMILES string of the molecule is Cc1cccc2cccc(N3Cc4c(c(N5CCN(C(=O)OCc6ccccc6)[C@@H](CC#N)C5)nc(=O)n4C[C@@H]4CCCN4C)CC34CC4)c12. The Balaban J connectivity index is 1.15. The zero-order valence-electron chi connectivity index (χ0n) is 29.1. The fourth-order valence-corrected chi connectivity index (χ4v) is 8.63. The molecule has 4 aromatic rings. The van der Waals surface area contributed by atoms with Crippen LogP contribution in [0.3, 0.4) is 0 Å². The number of amides is 1. The molecule has 1 amide bonds. The van der Waals surface area contributed by atoms with Crippen LogP contribution in [0.25, 0.3) is 10.8 Å². The number of likely N-dealkylation sites (N-methyl/N-ethyl adjacent to an activating group) is 1. The maximum absolute atomic E-state index is 14.2. The molecule has 1 aliphatic carbocycles. The topological polar surface area (TPSA) is 97.9 Å². The third-order valence-electron chi connectivity index (χ3n) is 11.6. The van der Waals surface area contributed by atoms with Crippen molar-refractivity contribution in [1.82, 2.24) is 19.4 Å². The fraction of sp³-hybridized carbons (Fsp3) is 0.450. The minimum atomic E-state index is -0.419. The third kappa shape index (κ3) is 5.87. The Labute approximate surface area is 293 Å². The zero-order valence-corrected chi connectivity index (χ0v) is 29.1. The van der Waals surface area contributed by atoms with Gasteiger partial charge in [-0.25, -0.2) is 9.59 Å². The summed E-state index contributed by atoms with van der Waals surface area (Å²) in [6.07, 6.45) is 4.91. The van der Waals surface area contributed by atoms with E-state index in [0.717, 1.165) is 61.3 Å². The van der Waals surface area contributed by atoms with E-state index in [9.17, 15) is 14.9 Å². The van der Waals surface area contributed by atoms with Gasteiger partial charge in [0.1, 0.15) is 12.4 Å². The third-order valence-corrected chi connectivity index (χ3v) is 11.6. The van der Waals surface area contributed by atoms with Crippen molar-refractivity contribution < 1.29 is 9.53 Å². The van der Waals surface area contributed by atoms with Gasteiger partial charge in [0.15, 0.2) is 0 Å². The van der Waals surface area contributed by atoms with Crippen LogP contribution in [-0.4, -0.2) is 76.3 Å². The fourth-order valence-electron chi connectivity index (χ4n) is 8.63. The molecule has 10 nitrogen and oxygen atoms in total. The van der Waals surface area contributed by atoms with E-state index in [-0.39, 0.29) is 30.3 Å². The van der Waals surface area contributed by atoms with E-state index >= 15 is 0 Å². The average molecular weight is 672 g/mol. The number of carbonyl (C=O) groups excluding carboxylic acids is 1. The number of nitrogens with zero attached hydrogens (tertiary/aromatic N) is 7. The molecule has 0 bridgehead atoms. The first-order valence-corrected chi connectivity index (χ1v) is 18.0. The number of ether oxygens (including phenoxy) is 1. The summed E-state index contributed by atoms with van der Waals surface area (Å²) in [6.45, 7) is 5.98. The molecule has 50 heavy (non-hydrogen) atoms. The highest BCUT2D eigenvalue weighted by atomic mass is 16.6. The van der Waals surface area contributed by atoms with Crippen LogP contribution in [0.15, 0.2) is 71.5 Å². The number of hydrogen-bond donors (Lipinski definition) is 0. The van der Waals surface area contributed by atoms with Crippen molar-refractivity contribution >= 4 is 28.4 Å². The number of benzene rings is 3. The molecule has 1 spiro atoms. The first-order valence-electron chi connectivity index (χ1n) is 18.0. The summed E-state index contributed by atoms with van der Waals surface area (Å²) in [5, 5.41) is 12.3. The molecular formula is C40H45N7O3. The standard InChI is InChI=1S/C40H45N7O3/c1-28-9-6-12-30-13-7-15-34(36(28)30)47-26-35-33(23-40(47)17-18-40)37(42-38(48)46(35)25-31-14-8-20-43(31)2)44-21-22-45(32(24-44)16-19-41)39(49)50-27-29-10-4-3-5-11-29/h3-7,9-13,15,31-32H,8,14,16-18,20-27H2,1-2H3/t31-,32-/m0/s1. The first-order chi connectivity index (χ1) is 24.3. The quantitative estimate of drug-likeness (QED) is 0.249. The summed E-state index contributed by atoms with van der Waals surface area (Å²) >= 11 is 0. The Morgan fingerprint density at radius 2 is 1.82 bits per heavy atom. The van der Waals surface area contributed by atoms with Crippen molar-refractivity contribution in [3.05, 3.63) is 99.6 Å². The Morgan fingerprint density at radius 3 is 2.56 bits per heavy atom. The summed E-state index contributed by atoms with van der Waals surface area (Å²) in [5.41, 5.74) is 5.33. The van der Waals surface area contributed by atoms with Crippen LogP contribution >= 0.6 is 0 Å². The predicted octanol–water partition coefficient (Wildman–Crippen LogP) is 5.64. The van der Waals surface area contributed by atoms with Gasteiger partial charge in [0.2, 0.25) is 0 Å². The van der Waals surface area contributed by atoms with E-state index in [4.69, 9.17) is 9.72 Å². The number of fused-ring (bicyclic) bond motifs is 2. The molecule has 0 N–H and O–H groups in total. The van der Waals surface area contributed by atoms with E-state index < -0.39 is 6.09 Å². The number of piperazine rings is 1. The number of nitriles is 1. The summed E-state index contributed by atoms with van der Waals surface area (Å²) in [5.74, 6) is 0.723. The molecule has 1 aromatic heterocycles. The van der Waals surface area contributed by atoms with Gasteiger partial charge in [-0.2, -0.15) is 10.2 Å². The predicted molar refractivity (Wildman–Crippen MR) is 194 cm³/mol. The maximum atomic E-state index is 14.2. The number of carbonyl (C=O) groups is 1. The van der Waals surface area contributed by atoms with Gasteiger partial charge in [0.05, 0.1) is 25.1 Å². The minimum absolute atomic E-state index is 0.0402. The highest BCUT2D eigenvalue weighted by molar-refractivity contribution is 5.97. The Bertz CT molecular complexity index is 2010. The monoisotopic (exact) mass is 671 g/mol. The van der Waals surface area contributed by atoms with Gasteiger partial charge in [0.25, 0.3) is 0 Å². The van der Waals surface area contributed by atoms with Crippen LogP contribution in [0, 0.1) is 18.3 Å². The van der Waals surface area contributed by atoms with Crippen LogP contribution in [0.4, 0.5) is 16.3 Å². The van der Waals surface area contributed by atoms with Crippen LogP contribution in [0.1, 0.15) is 54.5 Å². The van der Waals surface area contributed by atoms with E-state index in [2.05, 4.69) is 71.1 Å². The maximum Gasteiger partial charge on any atom is 0.410 e. The highest BCUT2D eigenvalue weighted by Gasteiger charge is 2.53. The normalized spacial score (nSPS) is 21.3. The second kappa shape index (κ2) is 13.1.